The van der Waals surface area contributed by atoms with Crippen molar-refractivity contribution in [3.05, 3.63) is 38.1 Å². The number of rotatable bonds is 7. The number of hydrogen-bond acceptors (Lipinski definition) is 7. The van der Waals surface area contributed by atoms with Crippen LogP contribution in [0.15, 0.2) is 16.0 Å². The van der Waals surface area contributed by atoms with E-state index in [1.54, 1.807) is 11.8 Å². The molecule has 6 nitrogen and oxygen atoms in total. The number of nitrogens with zero attached hydrogens (tertiary/aromatic N) is 2. The number of hydrogen-bond donors (Lipinski definition) is 2. The molecule has 0 unspecified atom stereocenters. The van der Waals surface area contributed by atoms with Gasteiger partial charge in [0.15, 0.2) is 5.16 Å². The number of carbonyl (C=O) groups excluding carboxylic acids is 1. The van der Waals surface area contributed by atoms with Crippen molar-refractivity contribution in [1.29, 1.82) is 5.26 Å². The Labute approximate surface area is 176 Å². The van der Waals surface area contributed by atoms with Crippen molar-refractivity contribution in [3.63, 3.8) is 0 Å². The lowest BCUT2D eigenvalue weighted by molar-refractivity contribution is -0.113. The van der Waals surface area contributed by atoms with Crippen LogP contribution in [0.1, 0.15) is 48.4 Å². The molecule has 0 atom stereocenters. The molecule has 2 aromatic rings. The summed E-state index contributed by atoms with van der Waals surface area (Å²) in [6.07, 6.45) is 4.11. The molecule has 0 saturated carbocycles. The molecule has 0 aromatic carbocycles. The Morgan fingerprint density at radius 3 is 2.96 bits per heavy atom. The van der Waals surface area contributed by atoms with Gasteiger partial charge in [-0.05, 0) is 36.5 Å². The summed E-state index contributed by atoms with van der Waals surface area (Å²) in [5, 5.41) is 13.9. The second kappa shape index (κ2) is 9.63. The summed E-state index contributed by atoms with van der Waals surface area (Å²) in [5.74, 6) is 0.579. The van der Waals surface area contributed by atoms with Crippen LogP contribution in [0.4, 0.5) is 5.00 Å². The normalized spacial score (nSPS) is 13.2. The quantitative estimate of drug-likeness (QED) is 0.506. The van der Waals surface area contributed by atoms with Crippen molar-refractivity contribution in [2.45, 2.75) is 55.7 Å². The fourth-order valence-corrected chi connectivity index (χ4v) is 5.55. The minimum absolute atomic E-state index is 0.122. The highest BCUT2D eigenvalue weighted by molar-refractivity contribution is 7.99. The fraction of sp³-hybridized carbons (Fsp3) is 0.474. The smallest absolute Gasteiger partial charge is 0.251 e. The minimum Gasteiger partial charge on any atom is -0.316 e. The predicted molar refractivity (Wildman–Crippen MR) is 116 cm³/mol. The summed E-state index contributed by atoms with van der Waals surface area (Å²) < 4.78 is 0. The largest absolute Gasteiger partial charge is 0.316 e. The van der Waals surface area contributed by atoms with Crippen LogP contribution >= 0.6 is 34.9 Å². The molecule has 0 radical (unpaired) electrons. The van der Waals surface area contributed by atoms with Crippen molar-refractivity contribution in [2.24, 2.45) is 0 Å². The van der Waals surface area contributed by atoms with Gasteiger partial charge in [-0.1, -0.05) is 25.6 Å². The van der Waals surface area contributed by atoms with Crippen molar-refractivity contribution in [2.75, 3.05) is 11.1 Å². The van der Waals surface area contributed by atoms with Crippen LogP contribution in [-0.2, 0) is 23.4 Å². The molecule has 148 valence electrons. The first-order chi connectivity index (χ1) is 13.5. The van der Waals surface area contributed by atoms with Crippen LogP contribution in [-0.4, -0.2) is 26.9 Å². The third kappa shape index (κ3) is 5.40. The Morgan fingerprint density at radius 1 is 1.43 bits per heavy atom. The zero-order chi connectivity index (χ0) is 20.1. The van der Waals surface area contributed by atoms with E-state index in [0.29, 0.717) is 32.4 Å². The molecule has 1 aliphatic rings. The molecule has 2 aromatic heterocycles. The fourth-order valence-electron chi connectivity index (χ4n) is 2.95. The van der Waals surface area contributed by atoms with Gasteiger partial charge in [0.1, 0.15) is 11.1 Å². The van der Waals surface area contributed by atoms with Crippen molar-refractivity contribution in [3.8, 4) is 6.07 Å². The first-order valence-corrected chi connectivity index (χ1v) is 12.0. The second-order valence-corrected chi connectivity index (χ2v) is 10.4. The monoisotopic (exact) mass is 434 g/mol. The zero-order valence-corrected chi connectivity index (χ0v) is 18.3. The molecular formula is C19H22N4O2S3. The minimum atomic E-state index is -0.213. The Bertz CT molecular complexity index is 959. The van der Waals surface area contributed by atoms with E-state index in [4.69, 9.17) is 0 Å². The molecule has 1 amide bonds. The Hall–Kier alpha value is -1.76. The van der Waals surface area contributed by atoms with Gasteiger partial charge in [0.25, 0.3) is 5.56 Å². The highest BCUT2D eigenvalue weighted by atomic mass is 32.2. The lowest BCUT2D eigenvalue weighted by Crippen LogP contribution is -2.16. The van der Waals surface area contributed by atoms with Gasteiger partial charge in [-0.2, -0.15) is 17.0 Å². The molecule has 9 heteroatoms. The van der Waals surface area contributed by atoms with E-state index < -0.39 is 0 Å². The second-order valence-electron chi connectivity index (χ2n) is 6.77. The van der Waals surface area contributed by atoms with Gasteiger partial charge in [-0.25, -0.2) is 4.98 Å². The van der Waals surface area contributed by atoms with Crippen LogP contribution in [0.5, 0.6) is 0 Å². The molecule has 0 aliphatic heterocycles. The molecule has 2 N–H and O–H groups in total. The number of aryl methyl sites for hydroxylation is 1. The number of anilines is 1. The van der Waals surface area contributed by atoms with E-state index in [1.165, 1.54) is 34.0 Å². The SMILES string of the molecule is CC(C)SCc1cc(=O)[nH]c(SCC(=O)Nc2sc3c(c2C#N)CCCC3)n1. The Kier molecular flexibility index (Phi) is 7.21. The van der Waals surface area contributed by atoms with Gasteiger partial charge in [-0.15, -0.1) is 11.3 Å². The molecule has 0 fully saturated rings. The number of thiophene rings is 1. The first-order valence-electron chi connectivity index (χ1n) is 9.15. The third-order valence-electron chi connectivity index (χ3n) is 4.21. The summed E-state index contributed by atoms with van der Waals surface area (Å²) in [7, 11) is 0. The van der Waals surface area contributed by atoms with Crippen LogP contribution < -0.4 is 10.9 Å². The lowest BCUT2D eigenvalue weighted by atomic mass is 9.96. The maximum absolute atomic E-state index is 12.4. The number of nitrogens with one attached hydrogen (secondary N) is 2. The van der Waals surface area contributed by atoms with Gasteiger partial charge in [-0.3, -0.25) is 9.59 Å². The molecule has 2 heterocycles. The van der Waals surface area contributed by atoms with Gasteiger partial charge in [0.2, 0.25) is 5.91 Å². The summed E-state index contributed by atoms with van der Waals surface area (Å²) >= 11 is 4.42. The molecule has 28 heavy (non-hydrogen) atoms. The van der Waals surface area contributed by atoms with E-state index in [0.717, 1.165) is 31.2 Å². The third-order valence-corrected chi connectivity index (χ3v) is 7.42. The van der Waals surface area contributed by atoms with Crippen LogP contribution in [0.2, 0.25) is 0 Å². The van der Waals surface area contributed by atoms with Gasteiger partial charge >= 0.3 is 0 Å². The van der Waals surface area contributed by atoms with Crippen molar-refractivity contribution < 1.29 is 4.79 Å². The average Bonchev–Trinajstić information content (AvgIpc) is 3.01. The predicted octanol–water partition coefficient (Wildman–Crippen LogP) is 3.95. The van der Waals surface area contributed by atoms with Crippen LogP contribution in [0.3, 0.4) is 0 Å². The molecular weight excluding hydrogens is 412 g/mol. The van der Waals surface area contributed by atoms with Gasteiger partial charge < -0.3 is 10.3 Å². The first kappa shape index (κ1) is 21.0. The standard InChI is InChI=1S/C19H22N4O2S3/c1-11(2)26-9-12-7-16(24)23-19(21-12)27-10-17(25)22-18-14(8-20)13-5-3-4-6-15(13)28-18/h7,11H,3-6,9-10H2,1-2H3,(H,22,25)(H,21,23,24). The number of amides is 1. The number of thioether (sulfide) groups is 2. The lowest BCUT2D eigenvalue weighted by Gasteiger charge is -2.09. The van der Waals surface area contributed by atoms with Gasteiger partial charge in [0.05, 0.1) is 17.0 Å². The average molecular weight is 435 g/mol. The topological polar surface area (TPSA) is 98.6 Å². The number of carbonyl (C=O) groups is 1. The van der Waals surface area contributed by atoms with Gasteiger partial charge in [0, 0.05) is 16.7 Å². The van der Waals surface area contributed by atoms with Crippen LogP contribution in [0.25, 0.3) is 0 Å². The van der Waals surface area contributed by atoms with Crippen molar-refractivity contribution in [1.82, 2.24) is 9.97 Å². The number of nitriles is 1. The molecule has 0 bridgehead atoms. The molecule has 0 saturated heterocycles. The maximum atomic E-state index is 12.4. The Balaban J connectivity index is 1.63. The number of H-pyrrole nitrogens is 1. The summed E-state index contributed by atoms with van der Waals surface area (Å²) in [5.41, 5.74) is 2.21. The van der Waals surface area contributed by atoms with E-state index in [9.17, 15) is 14.9 Å². The number of aromatic nitrogens is 2. The van der Waals surface area contributed by atoms with E-state index in [1.807, 2.05) is 0 Å². The zero-order valence-electron chi connectivity index (χ0n) is 15.8. The molecule has 3 rings (SSSR count). The molecule has 0 spiro atoms. The van der Waals surface area contributed by atoms with E-state index >= 15 is 0 Å². The van der Waals surface area contributed by atoms with Crippen LogP contribution in [0, 0.1) is 11.3 Å². The number of aromatic amines is 1. The summed E-state index contributed by atoms with van der Waals surface area (Å²) in [6, 6.07) is 3.74. The highest BCUT2D eigenvalue weighted by Gasteiger charge is 2.21. The highest BCUT2D eigenvalue weighted by Crippen LogP contribution is 2.37. The number of fused-ring (bicyclic) bond motifs is 1. The summed E-state index contributed by atoms with van der Waals surface area (Å²) in [6.45, 7) is 4.19. The Morgan fingerprint density at radius 2 is 2.21 bits per heavy atom. The molecule has 1 aliphatic carbocycles. The van der Waals surface area contributed by atoms with Crippen molar-refractivity contribution >= 4 is 45.8 Å². The van der Waals surface area contributed by atoms with E-state index in [2.05, 4.69) is 35.2 Å². The summed E-state index contributed by atoms with van der Waals surface area (Å²) in [4.78, 5) is 32.5. The van der Waals surface area contributed by atoms with E-state index in [-0.39, 0.29) is 17.2 Å². The maximum Gasteiger partial charge on any atom is 0.251 e.